The van der Waals surface area contributed by atoms with Gasteiger partial charge in [-0.1, -0.05) is 38.3 Å². The first-order valence-electron chi connectivity index (χ1n) is 7.32. The Hall–Kier alpha value is -1.40. The number of nitrogens with zero attached hydrogens (tertiary/aromatic N) is 1. The van der Waals surface area contributed by atoms with Crippen LogP contribution in [0.1, 0.15) is 49.4 Å². The Kier molecular flexibility index (Phi) is 5.00. The van der Waals surface area contributed by atoms with Gasteiger partial charge in [-0.2, -0.15) is 4.31 Å². The first kappa shape index (κ1) is 16.0. The molecular formula is C15H21NO4S. The highest BCUT2D eigenvalue weighted by Crippen LogP contribution is 2.28. The van der Waals surface area contributed by atoms with E-state index in [1.165, 1.54) is 16.4 Å². The molecule has 2 rings (SSSR count). The molecule has 5 nitrogen and oxygen atoms in total. The van der Waals surface area contributed by atoms with Crippen LogP contribution in [0.3, 0.4) is 0 Å². The second-order valence-corrected chi connectivity index (χ2v) is 7.16. The summed E-state index contributed by atoms with van der Waals surface area (Å²) < 4.78 is 27.2. The number of carboxylic acids is 1. The summed E-state index contributed by atoms with van der Waals surface area (Å²) in [6.07, 6.45) is 4.89. The number of hydrogen-bond donors (Lipinski definition) is 1. The molecule has 1 saturated carbocycles. The lowest BCUT2D eigenvalue weighted by molar-refractivity contribution is 0.0692. The van der Waals surface area contributed by atoms with E-state index >= 15 is 0 Å². The lowest BCUT2D eigenvalue weighted by atomic mass is 9.95. The van der Waals surface area contributed by atoms with Crippen molar-refractivity contribution in [2.45, 2.75) is 50.0 Å². The molecule has 0 spiro atoms. The molecule has 0 aromatic heterocycles. The minimum absolute atomic E-state index is 0.0180. The average molecular weight is 311 g/mol. The molecule has 1 aliphatic rings. The van der Waals surface area contributed by atoms with E-state index in [-0.39, 0.29) is 16.5 Å². The quantitative estimate of drug-likeness (QED) is 0.907. The molecule has 21 heavy (non-hydrogen) atoms. The van der Waals surface area contributed by atoms with Gasteiger partial charge in [0, 0.05) is 12.6 Å². The number of sulfonamides is 1. The van der Waals surface area contributed by atoms with Crippen molar-refractivity contribution in [1.29, 1.82) is 0 Å². The summed E-state index contributed by atoms with van der Waals surface area (Å²) in [5.41, 5.74) is -0.160. The van der Waals surface area contributed by atoms with Gasteiger partial charge in [-0.25, -0.2) is 13.2 Å². The van der Waals surface area contributed by atoms with Crippen molar-refractivity contribution in [2.75, 3.05) is 6.54 Å². The minimum atomic E-state index is -3.77. The van der Waals surface area contributed by atoms with Gasteiger partial charge in [0.15, 0.2) is 0 Å². The topological polar surface area (TPSA) is 74.7 Å². The van der Waals surface area contributed by atoms with Gasteiger partial charge in [-0.3, -0.25) is 0 Å². The predicted molar refractivity (Wildman–Crippen MR) is 79.8 cm³/mol. The molecule has 0 saturated heterocycles. The van der Waals surface area contributed by atoms with E-state index in [0.717, 1.165) is 32.1 Å². The molecule has 116 valence electrons. The number of rotatable bonds is 5. The zero-order valence-electron chi connectivity index (χ0n) is 12.2. The Labute approximate surface area is 125 Å². The van der Waals surface area contributed by atoms with E-state index in [1.807, 2.05) is 0 Å². The van der Waals surface area contributed by atoms with Gasteiger partial charge in [0.05, 0.1) is 10.5 Å². The molecule has 1 aliphatic carbocycles. The summed E-state index contributed by atoms with van der Waals surface area (Å²) in [6.45, 7) is 2.16. The predicted octanol–water partition coefficient (Wildman–Crippen LogP) is 2.73. The average Bonchev–Trinajstić information content (AvgIpc) is 2.49. The molecule has 0 atom stereocenters. The van der Waals surface area contributed by atoms with Crippen LogP contribution in [0.2, 0.25) is 0 Å². The zero-order valence-corrected chi connectivity index (χ0v) is 13.0. The highest BCUT2D eigenvalue weighted by Gasteiger charge is 2.33. The van der Waals surface area contributed by atoms with Gasteiger partial charge in [0.1, 0.15) is 0 Å². The van der Waals surface area contributed by atoms with E-state index < -0.39 is 16.0 Å². The van der Waals surface area contributed by atoms with E-state index in [0.29, 0.717) is 6.54 Å². The molecule has 6 heteroatoms. The Morgan fingerprint density at radius 2 is 1.86 bits per heavy atom. The van der Waals surface area contributed by atoms with Crippen LogP contribution in [0, 0.1) is 0 Å². The SMILES string of the molecule is CCN(C1CCCCC1)S(=O)(=O)c1ccccc1C(=O)O. The minimum Gasteiger partial charge on any atom is -0.478 e. The summed E-state index contributed by atoms with van der Waals surface area (Å²) >= 11 is 0. The van der Waals surface area contributed by atoms with Crippen LogP contribution in [0.4, 0.5) is 0 Å². The van der Waals surface area contributed by atoms with Crippen LogP contribution in [0.5, 0.6) is 0 Å². The summed E-state index contributed by atoms with van der Waals surface area (Å²) in [7, 11) is -3.77. The van der Waals surface area contributed by atoms with E-state index in [9.17, 15) is 18.3 Å². The molecule has 0 unspecified atom stereocenters. The van der Waals surface area contributed by atoms with Crippen LogP contribution in [-0.4, -0.2) is 36.4 Å². The van der Waals surface area contributed by atoms with E-state index in [2.05, 4.69) is 0 Å². The van der Waals surface area contributed by atoms with Crippen molar-refractivity contribution >= 4 is 16.0 Å². The normalized spacial score (nSPS) is 17.0. The Balaban J connectivity index is 2.42. The zero-order chi connectivity index (χ0) is 15.5. The standard InChI is InChI=1S/C15H21NO4S/c1-2-16(12-8-4-3-5-9-12)21(19,20)14-11-7-6-10-13(14)15(17)18/h6-7,10-12H,2-5,8-9H2,1H3,(H,17,18). The third kappa shape index (κ3) is 3.27. The second-order valence-electron chi connectivity index (χ2n) is 5.30. The Morgan fingerprint density at radius 1 is 1.24 bits per heavy atom. The molecule has 0 radical (unpaired) electrons. The molecule has 1 N–H and O–H groups in total. The second kappa shape index (κ2) is 6.58. The number of hydrogen-bond acceptors (Lipinski definition) is 3. The first-order valence-corrected chi connectivity index (χ1v) is 8.76. The molecular weight excluding hydrogens is 290 g/mol. The van der Waals surface area contributed by atoms with Crippen molar-refractivity contribution in [3.05, 3.63) is 29.8 Å². The lowest BCUT2D eigenvalue weighted by Gasteiger charge is -2.32. The fraction of sp³-hybridized carbons (Fsp3) is 0.533. The molecule has 0 bridgehead atoms. The van der Waals surface area contributed by atoms with Crippen molar-refractivity contribution in [2.24, 2.45) is 0 Å². The fourth-order valence-electron chi connectivity index (χ4n) is 2.99. The maximum absolute atomic E-state index is 12.9. The maximum Gasteiger partial charge on any atom is 0.337 e. The Bertz CT molecular complexity index is 606. The van der Waals surface area contributed by atoms with Gasteiger partial charge in [-0.15, -0.1) is 0 Å². The summed E-state index contributed by atoms with van der Waals surface area (Å²) in [6, 6.07) is 5.80. The van der Waals surface area contributed by atoms with Crippen molar-refractivity contribution in [1.82, 2.24) is 4.31 Å². The third-order valence-electron chi connectivity index (χ3n) is 4.00. The van der Waals surface area contributed by atoms with Crippen LogP contribution in [0.15, 0.2) is 29.2 Å². The third-order valence-corrected chi connectivity index (χ3v) is 6.08. The number of aromatic carboxylic acids is 1. The molecule has 0 amide bonds. The molecule has 1 fully saturated rings. The maximum atomic E-state index is 12.9. The first-order chi connectivity index (χ1) is 9.98. The Morgan fingerprint density at radius 3 is 2.43 bits per heavy atom. The largest absolute Gasteiger partial charge is 0.478 e. The number of carboxylic acid groups (broad SMARTS) is 1. The summed E-state index contributed by atoms with van der Waals surface area (Å²) in [5, 5.41) is 9.21. The van der Waals surface area contributed by atoms with E-state index in [4.69, 9.17) is 0 Å². The van der Waals surface area contributed by atoms with Crippen LogP contribution < -0.4 is 0 Å². The smallest absolute Gasteiger partial charge is 0.337 e. The molecule has 0 aliphatic heterocycles. The van der Waals surface area contributed by atoms with Crippen LogP contribution >= 0.6 is 0 Å². The summed E-state index contributed by atoms with van der Waals surface area (Å²) in [5.74, 6) is -1.21. The lowest BCUT2D eigenvalue weighted by Crippen LogP contribution is -2.41. The van der Waals surface area contributed by atoms with Crippen LogP contribution in [-0.2, 0) is 10.0 Å². The molecule has 0 heterocycles. The van der Waals surface area contributed by atoms with Crippen molar-refractivity contribution < 1.29 is 18.3 Å². The number of benzene rings is 1. The van der Waals surface area contributed by atoms with E-state index in [1.54, 1.807) is 19.1 Å². The summed E-state index contributed by atoms with van der Waals surface area (Å²) in [4.78, 5) is 11.2. The van der Waals surface area contributed by atoms with Crippen LogP contribution in [0.25, 0.3) is 0 Å². The van der Waals surface area contributed by atoms with Gasteiger partial charge in [0.25, 0.3) is 0 Å². The molecule has 1 aromatic rings. The highest BCUT2D eigenvalue weighted by molar-refractivity contribution is 7.89. The van der Waals surface area contributed by atoms with Gasteiger partial charge in [0.2, 0.25) is 10.0 Å². The van der Waals surface area contributed by atoms with Crippen molar-refractivity contribution in [3.63, 3.8) is 0 Å². The van der Waals surface area contributed by atoms with Gasteiger partial charge in [-0.05, 0) is 25.0 Å². The fourth-order valence-corrected chi connectivity index (χ4v) is 4.87. The van der Waals surface area contributed by atoms with Crippen molar-refractivity contribution in [3.8, 4) is 0 Å². The highest BCUT2D eigenvalue weighted by atomic mass is 32.2. The van der Waals surface area contributed by atoms with Gasteiger partial charge >= 0.3 is 5.97 Å². The monoisotopic (exact) mass is 311 g/mol. The number of carbonyl (C=O) groups is 1. The van der Waals surface area contributed by atoms with Gasteiger partial charge < -0.3 is 5.11 Å². The molecule has 1 aromatic carbocycles.